The monoisotopic (exact) mass is 800 g/mol. The molecule has 5 N–H and O–H groups in total. The van der Waals surface area contributed by atoms with Crippen LogP contribution in [0, 0.1) is 35.5 Å². The van der Waals surface area contributed by atoms with Crippen LogP contribution in [0.1, 0.15) is 68.8 Å². The van der Waals surface area contributed by atoms with Crippen LogP contribution in [0.25, 0.3) is 0 Å². The lowest BCUT2D eigenvalue weighted by atomic mass is 9.49. The van der Waals surface area contributed by atoms with Gasteiger partial charge in [0.25, 0.3) is 0 Å². The highest BCUT2D eigenvalue weighted by molar-refractivity contribution is 5.89. The Morgan fingerprint density at radius 3 is 2.31 bits per heavy atom. The molecule has 13 heteroatoms. The third-order valence-corrected chi connectivity index (χ3v) is 15.9. The zero-order valence-corrected chi connectivity index (χ0v) is 32.8. The van der Waals surface area contributed by atoms with E-state index in [2.05, 4.69) is 6.92 Å². The van der Waals surface area contributed by atoms with Crippen molar-refractivity contribution in [3.63, 3.8) is 0 Å². The van der Waals surface area contributed by atoms with Crippen LogP contribution < -0.4 is 0 Å². The van der Waals surface area contributed by atoms with Gasteiger partial charge in [-0.05, 0) is 69.1 Å². The van der Waals surface area contributed by atoms with E-state index < -0.39 is 107 Å². The molecular weight excluding hydrogens is 748 g/mol. The number of ether oxygens (including phenoxy) is 6. The summed E-state index contributed by atoms with van der Waals surface area (Å²) in [7, 11) is 0. The minimum atomic E-state index is -2.20. The molecule has 0 radical (unpaired) electrons. The van der Waals surface area contributed by atoms with E-state index >= 15 is 0 Å². The summed E-state index contributed by atoms with van der Waals surface area (Å²) < 4.78 is 39.4. The molecule has 4 saturated carbocycles. The van der Waals surface area contributed by atoms with Crippen LogP contribution in [-0.2, 0) is 39.2 Å². The molecule has 18 atom stereocenters. The molecule has 58 heavy (non-hydrogen) atoms. The molecule has 1 spiro atoms. The van der Waals surface area contributed by atoms with E-state index in [-0.39, 0.29) is 37.0 Å². The van der Waals surface area contributed by atoms with E-state index in [9.17, 15) is 35.1 Å². The van der Waals surface area contributed by atoms with E-state index in [4.69, 9.17) is 28.4 Å². The third kappa shape index (κ3) is 4.96. The Morgan fingerprint density at radius 1 is 0.879 bits per heavy atom. The topological polar surface area (TPSA) is 194 Å². The summed E-state index contributed by atoms with van der Waals surface area (Å²) in [4.78, 5) is 27.0. The van der Waals surface area contributed by atoms with E-state index in [1.165, 1.54) is 12.2 Å². The van der Waals surface area contributed by atoms with Gasteiger partial charge < -0.3 is 54.0 Å². The van der Waals surface area contributed by atoms with Crippen molar-refractivity contribution in [2.75, 3.05) is 6.61 Å². The first-order chi connectivity index (χ1) is 27.7. The molecule has 4 aliphatic carbocycles. The van der Waals surface area contributed by atoms with Crippen molar-refractivity contribution in [2.45, 2.75) is 123 Å². The van der Waals surface area contributed by atoms with Gasteiger partial charge in [-0.25, -0.2) is 9.59 Å². The van der Waals surface area contributed by atoms with E-state index in [1.807, 2.05) is 19.1 Å². The van der Waals surface area contributed by atoms with Crippen molar-refractivity contribution in [1.29, 1.82) is 0 Å². The van der Waals surface area contributed by atoms with Gasteiger partial charge in [-0.2, -0.15) is 0 Å². The van der Waals surface area contributed by atoms with E-state index in [1.54, 1.807) is 67.6 Å². The van der Waals surface area contributed by atoms with Gasteiger partial charge in [0, 0.05) is 35.3 Å². The second kappa shape index (κ2) is 13.0. The molecule has 2 aromatic rings. The van der Waals surface area contributed by atoms with Crippen LogP contribution in [0.3, 0.4) is 0 Å². The van der Waals surface area contributed by atoms with Crippen LogP contribution in [0.5, 0.6) is 0 Å². The molecule has 11 bridgehead atoms. The average molecular weight is 801 g/mol. The molecule has 0 aromatic heterocycles. The quantitative estimate of drug-likeness (QED) is 0.224. The summed E-state index contributed by atoms with van der Waals surface area (Å²) in [5, 5.41) is 63.0. The Hall–Kier alpha value is -3.50. The number of esters is 2. The molecule has 6 heterocycles. The second-order valence-electron chi connectivity index (χ2n) is 18.4. The van der Waals surface area contributed by atoms with Gasteiger partial charge in [-0.1, -0.05) is 74.5 Å². The van der Waals surface area contributed by atoms with Crippen molar-refractivity contribution < 1.29 is 63.5 Å². The molecule has 8 fully saturated rings. The minimum Gasteiger partial charge on any atom is -0.456 e. The number of fused-ring (bicyclic) bond motifs is 6. The third-order valence-electron chi connectivity index (χ3n) is 15.9. The Labute approximate surface area is 336 Å². The fourth-order valence-electron chi connectivity index (χ4n) is 13.0. The van der Waals surface area contributed by atoms with E-state index in [0.29, 0.717) is 24.0 Å². The fraction of sp³-hybridized carbons (Fsp3) is 0.600. The number of hydrogen-bond donors (Lipinski definition) is 5. The zero-order chi connectivity index (χ0) is 40.6. The normalized spacial score (nSPS) is 52.2. The van der Waals surface area contributed by atoms with Gasteiger partial charge in [0.15, 0.2) is 0 Å². The summed E-state index contributed by atoms with van der Waals surface area (Å²) in [5.74, 6) is -6.19. The predicted octanol–water partition coefficient (Wildman–Crippen LogP) is 3.06. The lowest BCUT2D eigenvalue weighted by molar-refractivity contribution is -0.595. The van der Waals surface area contributed by atoms with Crippen molar-refractivity contribution in [2.24, 2.45) is 35.5 Å². The second-order valence-corrected chi connectivity index (χ2v) is 18.4. The van der Waals surface area contributed by atoms with Crippen LogP contribution in [0.15, 0.2) is 85.0 Å². The van der Waals surface area contributed by atoms with Crippen LogP contribution in [-0.4, -0.2) is 109 Å². The van der Waals surface area contributed by atoms with Gasteiger partial charge in [-0.15, -0.1) is 0 Å². The summed E-state index contributed by atoms with van der Waals surface area (Å²) in [5.41, 5.74) is -8.42. The Balaban J connectivity index is 1.12. The number of rotatable bonds is 4. The number of benzene rings is 2. The maximum Gasteiger partial charge on any atom is 0.338 e. The Morgan fingerprint density at radius 2 is 1.59 bits per heavy atom. The number of allylic oxidation sites excluding steroid dienone is 2. The molecule has 2 aromatic carbocycles. The van der Waals surface area contributed by atoms with Crippen LogP contribution in [0.4, 0.5) is 0 Å². The van der Waals surface area contributed by atoms with Crippen LogP contribution in [0.2, 0.25) is 0 Å². The molecule has 12 rings (SSSR count). The number of hydrogen-bond acceptors (Lipinski definition) is 13. The molecule has 310 valence electrons. The van der Waals surface area contributed by atoms with Crippen molar-refractivity contribution >= 4 is 11.9 Å². The van der Waals surface area contributed by atoms with E-state index in [0.717, 1.165) is 0 Å². The number of carbonyl (C=O) groups is 2. The Kier molecular flexibility index (Phi) is 8.67. The lowest BCUT2D eigenvalue weighted by Crippen LogP contribution is -2.89. The van der Waals surface area contributed by atoms with Gasteiger partial charge in [0.05, 0.1) is 23.4 Å². The first-order valence-electron chi connectivity index (χ1n) is 20.7. The van der Waals surface area contributed by atoms with Gasteiger partial charge in [0.2, 0.25) is 0 Å². The number of aliphatic hydroxyl groups excluding tert-OH is 2. The lowest BCUT2D eigenvalue weighted by Gasteiger charge is -2.74. The van der Waals surface area contributed by atoms with Crippen molar-refractivity contribution in [3.8, 4) is 0 Å². The SMILES string of the molecule is C[C@H]1[C@@H]2CC[C@@H]1[C@H](OC(=O)c1ccccc1)/C=C\C=C\C(=O)O[C@H]1CC[C@H]3[C@]45OC6(c7ccccc7)O[C@H](C4[C@@H]4O[C@]4(CO)[C@@H](O)[C@]13O)[C@@](O)([C@@H](O6)[C@H]5C)[C@](C)(O)C2. The summed E-state index contributed by atoms with van der Waals surface area (Å²) in [6.07, 6.45) is 0.831. The minimum absolute atomic E-state index is 0.0988. The number of carbonyl (C=O) groups excluding carboxylic acids is 2. The van der Waals surface area contributed by atoms with Crippen LogP contribution >= 0.6 is 0 Å². The number of aliphatic hydroxyl groups is 5. The highest BCUT2D eigenvalue weighted by Crippen LogP contribution is 2.74. The molecule has 2 unspecified atom stereocenters. The Bertz CT molecular complexity index is 2020. The largest absolute Gasteiger partial charge is 0.456 e. The van der Waals surface area contributed by atoms with Gasteiger partial charge in [0.1, 0.15) is 53.4 Å². The highest BCUT2D eigenvalue weighted by Gasteiger charge is 2.90. The molecule has 4 saturated heterocycles. The standard InChI is InChI=1S/C45H52O13/c1-24-27-18-19-29(24)30(53-38(48)26-12-6-4-7-13-26)16-10-11-17-33(47)54-32-21-20-31-42(32,51)39(49)41(23-46)36(55-41)34-37-44(52,40(3,50)22-27)35-25(2)43(31,34)58-45(56-35,57-37)28-14-8-5-9-15-28/h4-17,24-25,27,29-32,34-37,39,46,49-52H,18-23H2,1-3H3/b16-10-,17-11+/t24-,25+,27+,29-,30+,31+,32-,34?,35-,36-,37+,39+,40+,41-,42+,43-,44-,45?/m0/s1. The molecule has 6 aliphatic heterocycles. The zero-order valence-electron chi connectivity index (χ0n) is 32.8. The predicted molar refractivity (Wildman–Crippen MR) is 202 cm³/mol. The maximum absolute atomic E-state index is 13.6. The summed E-state index contributed by atoms with van der Waals surface area (Å²) in [6, 6.07) is 17.7. The first-order valence-corrected chi connectivity index (χ1v) is 20.7. The number of epoxide rings is 1. The molecule has 0 amide bonds. The van der Waals surface area contributed by atoms with Gasteiger partial charge in [-0.3, -0.25) is 0 Å². The molecule has 13 nitrogen and oxygen atoms in total. The van der Waals surface area contributed by atoms with Crippen molar-refractivity contribution in [3.05, 3.63) is 96.1 Å². The maximum atomic E-state index is 13.6. The summed E-state index contributed by atoms with van der Waals surface area (Å²) >= 11 is 0. The van der Waals surface area contributed by atoms with Crippen molar-refractivity contribution in [1.82, 2.24) is 0 Å². The molecule has 10 aliphatic rings. The summed E-state index contributed by atoms with van der Waals surface area (Å²) in [6.45, 7) is 4.83. The fourth-order valence-corrected chi connectivity index (χ4v) is 13.0. The molecular formula is C45H52O13. The average Bonchev–Trinajstić information content (AvgIpc) is 3.73. The smallest absolute Gasteiger partial charge is 0.338 e. The van der Waals surface area contributed by atoms with Gasteiger partial charge >= 0.3 is 17.9 Å². The first kappa shape index (κ1) is 38.7. The highest BCUT2D eigenvalue weighted by atomic mass is 16.9.